The van der Waals surface area contributed by atoms with Crippen molar-refractivity contribution >= 4 is 27.8 Å². The van der Waals surface area contributed by atoms with E-state index in [1.165, 1.54) is 0 Å². The number of benzene rings is 1. The van der Waals surface area contributed by atoms with Gasteiger partial charge in [0.25, 0.3) is 0 Å². The molecule has 128 valence electrons. The average Bonchev–Trinajstić information content (AvgIpc) is 2.92. The molecule has 7 heteroatoms. The van der Waals surface area contributed by atoms with Gasteiger partial charge in [0.05, 0.1) is 17.6 Å². The molecule has 0 saturated heterocycles. The summed E-state index contributed by atoms with van der Waals surface area (Å²) in [7, 11) is 1.59. The molecular weight excluding hydrogens is 306 g/mol. The number of para-hydroxylation sites is 1. The van der Waals surface area contributed by atoms with E-state index in [1.54, 1.807) is 7.11 Å². The van der Waals surface area contributed by atoms with Crippen LogP contribution < -0.4 is 11.5 Å². The molecule has 2 heterocycles. The van der Waals surface area contributed by atoms with Crippen molar-refractivity contribution in [2.75, 3.05) is 19.5 Å². The van der Waals surface area contributed by atoms with E-state index < -0.39 is 5.72 Å². The van der Waals surface area contributed by atoms with Gasteiger partial charge in [-0.1, -0.05) is 18.2 Å². The van der Waals surface area contributed by atoms with E-state index in [4.69, 9.17) is 20.9 Å². The largest absolute Gasteiger partial charge is 0.382 e. The molecular formula is C17H23N5O2. The fourth-order valence-corrected chi connectivity index (χ4v) is 2.76. The number of fused-ring (bicyclic) bond motifs is 3. The maximum absolute atomic E-state index is 6.22. The predicted molar refractivity (Wildman–Crippen MR) is 94.4 cm³/mol. The molecule has 4 N–H and O–H groups in total. The number of nitrogens with two attached hydrogens (primary N) is 2. The first kappa shape index (κ1) is 16.6. The lowest BCUT2D eigenvalue weighted by atomic mass is 10.1. The zero-order valence-corrected chi connectivity index (χ0v) is 14.2. The first-order valence-electron chi connectivity index (χ1n) is 7.92. The monoisotopic (exact) mass is 329 g/mol. The van der Waals surface area contributed by atoms with Crippen LogP contribution >= 0.6 is 0 Å². The van der Waals surface area contributed by atoms with Gasteiger partial charge < -0.3 is 25.5 Å². The summed E-state index contributed by atoms with van der Waals surface area (Å²) in [6.07, 6.45) is 0. The predicted octanol–water partition coefficient (Wildman–Crippen LogP) is 2.02. The van der Waals surface area contributed by atoms with Gasteiger partial charge in [-0.3, -0.25) is 0 Å². The fourth-order valence-electron chi connectivity index (χ4n) is 2.76. The Morgan fingerprint density at radius 2 is 2.00 bits per heavy atom. The summed E-state index contributed by atoms with van der Waals surface area (Å²) in [6, 6.07) is 7.85. The molecule has 0 amide bonds. The minimum atomic E-state index is -0.840. The third-order valence-electron chi connectivity index (χ3n) is 4.06. The zero-order chi connectivity index (χ0) is 17.3. The van der Waals surface area contributed by atoms with Crippen molar-refractivity contribution in [3.63, 3.8) is 0 Å². The summed E-state index contributed by atoms with van der Waals surface area (Å²) in [5.74, 6) is 1.15. The molecule has 2 aromatic heterocycles. The number of imidazole rings is 1. The van der Waals surface area contributed by atoms with Crippen LogP contribution in [0.1, 0.15) is 19.7 Å². The number of nitrogens with zero attached hydrogens (tertiary/aromatic N) is 3. The minimum absolute atomic E-state index is 0.374. The lowest BCUT2D eigenvalue weighted by molar-refractivity contribution is -0.00369. The van der Waals surface area contributed by atoms with Crippen molar-refractivity contribution in [3.05, 3.63) is 30.1 Å². The molecule has 3 aromatic rings. The van der Waals surface area contributed by atoms with Crippen LogP contribution in [-0.4, -0.2) is 34.0 Å². The second-order valence-corrected chi connectivity index (χ2v) is 5.98. The molecule has 1 atom stereocenters. The second kappa shape index (κ2) is 6.35. The van der Waals surface area contributed by atoms with Crippen molar-refractivity contribution in [3.8, 4) is 0 Å². The van der Waals surface area contributed by atoms with Crippen LogP contribution in [0.3, 0.4) is 0 Å². The fraction of sp³-hybridized carbons (Fsp3) is 0.412. The van der Waals surface area contributed by atoms with E-state index in [0.29, 0.717) is 31.1 Å². The summed E-state index contributed by atoms with van der Waals surface area (Å²) in [6.45, 7) is 5.17. The highest BCUT2D eigenvalue weighted by molar-refractivity contribution is 6.06. The van der Waals surface area contributed by atoms with Gasteiger partial charge >= 0.3 is 0 Å². The third kappa shape index (κ3) is 2.93. The number of hydrogen-bond donors (Lipinski definition) is 2. The summed E-state index contributed by atoms with van der Waals surface area (Å²) in [5, 5.41) is 0.976. The molecule has 0 radical (unpaired) electrons. The number of methoxy groups -OCH3 is 1. The van der Waals surface area contributed by atoms with Crippen molar-refractivity contribution in [1.29, 1.82) is 0 Å². The Bertz CT molecular complexity index is 872. The van der Waals surface area contributed by atoms with Crippen LogP contribution in [0.5, 0.6) is 0 Å². The number of anilines is 1. The normalized spacial score (nSPS) is 14.3. The molecule has 3 rings (SSSR count). The van der Waals surface area contributed by atoms with Crippen LogP contribution in [0.2, 0.25) is 0 Å². The lowest BCUT2D eigenvalue weighted by Gasteiger charge is -2.25. The van der Waals surface area contributed by atoms with Crippen molar-refractivity contribution in [1.82, 2.24) is 14.5 Å². The van der Waals surface area contributed by atoms with Crippen LogP contribution in [0.4, 0.5) is 5.82 Å². The number of nitrogen functional groups attached to an aromatic ring is 1. The average molecular weight is 329 g/mol. The topological polar surface area (TPSA) is 101 Å². The van der Waals surface area contributed by atoms with Crippen LogP contribution in [-0.2, 0) is 22.6 Å². The van der Waals surface area contributed by atoms with E-state index in [1.807, 2.05) is 42.7 Å². The number of hydrogen-bond acceptors (Lipinski definition) is 6. The number of aromatic nitrogens is 3. The number of ether oxygens (including phenoxy) is 2. The maximum atomic E-state index is 6.22. The summed E-state index contributed by atoms with van der Waals surface area (Å²) in [5.41, 5.74) is 13.9. The van der Waals surface area contributed by atoms with Gasteiger partial charge in [0.2, 0.25) is 0 Å². The molecule has 7 nitrogen and oxygen atoms in total. The lowest BCUT2D eigenvalue weighted by Crippen LogP contribution is -2.43. The smallest absolute Gasteiger partial charge is 0.152 e. The van der Waals surface area contributed by atoms with Crippen molar-refractivity contribution in [2.24, 2.45) is 5.73 Å². The Hall–Kier alpha value is -2.22. The van der Waals surface area contributed by atoms with Crippen LogP contribution in [0.25, 0.3) is 21.9 Å². The molecule has 24 heavy (non-hydrogen) atoms. The van der Waals surface area contributed by atoms with Gasteiger partial charge in [-0.05, 0) is 19.9 Å². The van der Waals surface area contributed by atoms with Crippen molar-refractivity contribution < 1.29 is 9.47 Å². The van der Waals surface area contributed by atoms with Crippen molar-refractivity contribution in [2.45, 2.75) is 32.7 Å². The van der Waals surface area contributed by atoms with Crippen LogP contribution in [0.15, 0.2) is 24.3 Å². The molecule has 0 saturated carbocycles. The highest BCUT2D eigenvalue weighted by Crippen LogP contribution is 2.29. The van der Waals surface area contributed by atoms with Gasteiger partial charge in [-0.15, -0.1) is 0 Å². The molecule has 1 unspecified atom stereocenters. The van der Waals surface area contributed by atoms with E-state index in [2.05, 4.69) is 9.97 Å². The maximum Gasteiger partial charge on any atom is 0.152 e. The Labute approximate surface area is 140 Å². The molecule has 0 fully saturated rings. The zero-order valence-electron chi connectivity index (χ0n) is 14.2. The molecule has 0 bridgehead atoms. The van der Waals surface area contributed by atoms with E-state index in [0.717, 1.165) is 22.2 Å². The summed E-state index contributed by atoms with van der Waals surface area (Å²) < 4.78 is 13.0. The third-order valence-corrected chi connectivity index (χ3v) is 4.06. The quantitative estimate of drug-likeness (QED) is 0.671. The van der Waals surface area contributed by atoms with Gasteiger partial charge in [0.15, 0.2) is 5.82 Å². The van der Waals surface area contributed by atoms with Gasteiger partial charge in [0.1, 0.15) is 23.7 Å². The number of pyridine rings is 1. The summed E-state index contributed by atoms with van der Waals surface area (Å²) >= 11 is 0. The summed E-state index contributed by atoms with van der Waals surface area (Å²) in [4.78, 5) is 9.11. The molecule has 0 spiro atoms. The molecule has 0 aliphatic heterocycles. The van der Waals surface area contributed by atoms with E-state index in [9.17, 15) is 0 Å². The Morgan fingerprint density at radius 3 is 2.71 bits per heavy atom. The molecule has 0 aliphatic carbocycles. The highest BCUT2D eigenvalue weighted by Gasteiger charge is 2.24. The minimum Gasteiger partial charge on any atom is -0.382 e. The Balaban J connectivity index is 2.30. The molecule has 1 aromatic carbocycles. The first-order chi connectivity index (χ1) is 11.5. The Kier molecular flexibility index (Phi) is 4.40. The SMILES string of the molecule is CCOCc1nc2c(N)nc3ccccc3c2n1CC(C)(N)OC. The number of rotatable bonds is 6. The molecule has 0 aliphatic rings. The Morgan fingerprint density at radius 1 is 1.25 bits per heavy atom. The van der Waals surface area contributed by atoms with E-state index in [-0.39, 0.29) is 0 Å². The van der Waals surface area contributed by atoms with Gasteiger partial charge in [0, 0.05) is 19.1 Å². The standard InChI is InChI=1S/C17H23N5O2/c1-4-24-9-13-21-14-15(22(13)10-17(2,19)23-3)11-7-5-6-8-12(11)20-16(14)18/h5-8H,4,9-10,19H2,1-3H3,(H2,18,20). The highest BCUT2D eigenvalue weighted by atomic mass is 16.5. The van der Waals surface area contributed by atoms with E-state index >= 15 is 0 Å². The van der Waals surface area contributed by atoms with Gasteiger partial charge in [-0.2, -0.15) is 0 Å². The second-order valence-electron chi connectivity index (χ2n) is 5.98. The van der Waals surface area contributed by atoms with Gasteiger partial charge in [-0.25, -0.2) is 9.97 Å². The van der Waals surface area contributed by atoms with Crippen LogP contribution in [0, 0.1) is 0 Å². The first-order valence-corrected chi connectivity index (χ1v) is 7.92.